The van der Waals surface area contributed by atoms with Gasteiger partial charge in [-0.1, -0.05) is 43.2 Å². The lowest BCUT2D eigenvalue weighted by molar-refractivity contribution is 0.494. The summed E-state index contributed by atoms with van der Waals surface area (Å²) >= 11 is 7.63. The van der Waals surface area contributed by atoms with Gasteiger partial charge in [-0.2, -0.15) is 0 Å². The van der Waals surface area contributed by atoms with Crippen LogP contribution in [0.1, 0.15) is 27.2 Å². The highest BCUT2D eigenvalue weighted by Crippen LogP contribution is 2.29. The van der Waals surface area contributed by atoms with E-state index < -0.39 is 0 Å². The third-order valence-electron chi connectivity index (χ3n) is 3.20. The Morgan fingerprint density at radius 1 is 1.41 bits per heavy atom. The number of halogens is 1. The molecular weight excluding hydrogens is 252 g/mol. The van der Waals surface area contributed by atoms with E-state index in [4.69, 9.17) is 11.6 Å². The van der Waals surface area contributed by atoms with Gasteiger partial charge in [0.25, 0.3) is 0 Å². The van der Waals surface area contributed by atoms with Crippen LogP contribution in [-0.2, 0) is 0 Å². The maximum Gasteiger partial charge on any atom is 0.184 e. The molecule has 17 heavy (non-hydrogen) atoms. The number of hydrogen-bond acceptors (Lipinski definition) is 3. The van der Waals surface area contributed by atoms with Crippen LogP contribution in [0.4, 0.5) is 5.13 Å². The summed E-state index contributed by atoms with van der Waals surface area (Å²) in [5.41, 5.74) is 0.973. The number of nitrogens with zero attached hydrogens (tertiary/aromatic N) is 1. The van der Waals surface area contributed by atoms with Gasteiger partial charge in [-0.05, 0) is 31.0 Å². The Hall–Kier alpha value is -0.800. The molecule has 0 aliphatic carbocycles. The van der Waals surface area contributed by atoms with Crippen molar-refractivity contribution in [3.05, 3.63) is 23.2 Å². The topological polar surface area (TPSA) is 24.9 Å². The van der Waals surface area contributed by atoms with Gasteiger partial charge in [0, 0.05) is 11.1 Å². The fourth-order valence-electron chi connectivity index (χ4n) is 1.65. The van der Waals surface area contributed by atoms with E-state index in [2.05, 4.69) is 31.1 Å². The van der Waals surface area contributed by atoms with Crippen LogP contribution in [0.2, 0.25) is 5.02 Å². The summed E-state index contributed by atoms with van der Waals surface area (Å²) in [7, 11) is 0. The molecule has 2 atom stereocenters. The predicted molar refractivity (Wildman–Crippen MR) is 77.2 cm³/mol. The molecule has 1 aromatic carbocycles. The zero-order chi connectivity index (χ0) is 12.4. The minimum absolute atomic E-state index is 0.441. The van der Waals surface area contributed by atoms with E-state index in [0.29, 0.717) is 12.0 Å². The molecule has 0 radical (unpaired) electrons. The Bertz CT molecular complexity index is 509. The van der Waals surface area contributed by atoms with Crippen molar-refractivity contribution in [3.63, 3.8) is 0 Å². The van der Waals surface area contributed by atoms with E-state index in [1.807, 2.05) is 18.2 Å². The zero-order valence-electron chi connectivity index (χ0n) is 10.3. The Labute approximate surface area is 111 Å². The number of hydrogen-bond donors (Lipinski definition) is 1. The van der Waals surface area contributed by atoms with Gasteiger partial charge in [-0.3, -0.25) is 0 Å². The first kappa shape index (κ1) is 12.7. The molecule has 2 rings (SSSR count). The minimum Gasteiger partial charge on any atom is -0.359 e. The summed E-state index contributed by atoms with van der Waals surface area (Å²) in [6.07, 6.45) is 1.17. The lowest BCUT2D eigenvalue weighted by Gasteiger charge is -2.18. The van der Waals surface area contributed by atoms with E-state index in [-0.39, 0.29) is 0 Å². The molecule has 2 aromatic rings. The third kappa shape index (κ3) is 2.90. The first-order chi connectivity index (χ1) is 8.10. The second kappa shape index (κ2) is 5.23. The van der Waals surface area contributed by atoms with Gasteiger partial charge in [0.05, 0.1) is 10.2 Å². The average molecular weight is 269 g/mol. The number of aromatic nitrogens is 1. The van der Waals surface area contributed by atoms with Gasteiger partial charge in [0.2, 0.25) is 0 Å². The number of thiazole rings is 1. The van der Waals surface area contributed by atoms with Crippen LogP contribution in [0, 0.1) is 5.92 Å². The number of rotatable bonds is 4. The van der Waals surface area contributed by atoms with Crippen molar-refractivity contribution in [3.8, 4) is 0 Å². The highest BCUT2D eigenvalue weighted by atomic mass is 35.5. The Morgan fingerprint density at radius 3 is 2.88 bits per heavy atom. The van der Waals surface area contributed by atoms with Crippen molar-refractivity contribution in [2.75, 3.05) is 5.32 Å². The molecule has 0 amide bonds. The van der Waals surface area contributed by atoms with Crippen LogP contribution in [0.3, 0.4) is 0 Å². The maximum absolute atomic E-state index is 5.95. The summed E-state index contributed by atoms with van der Waals surface area (Å²) in [5, 5.41) is 5.19. The monoisotopic (exact) mass is 268 g/mol. The van der Waals surface area contributed by atoms with Gasteiger partial charge in [-0.15, -0.1) is 0 Å². The molecule has 1 heterocycles. The van der Waals surface area contributed by atoms with Gasteiger partial charge in [0.1, 0.15) is 0 Å². The highest BCUT2D eigenvalue weighted by molar-refractivity contribution is 7.22. The van der Waals surface area contributed by atoms with Crippen molar-refractivity contribution < 1.29 is 0 Å². The van der Waals surface area contributed by atoms with E-state index in [1.54, 1.807) is 11.3 Å². The molecule has 1 N–H and O–H groups in total. The summed E-state index contributed by atoms with van der Waals surface area (Å²) in [4.78, 5) is 4.55. The normalized spacial score (nSPS) is 14.8. The second-order valence-corrected chi connectivity index (χ2v) is 5.92. The van der Waals surface area contributed by atoms with Gasteiger partial charge < -0.3 is 5.32 Å². The molecule has 4 heteroatoms. The molecule has 0 saturated carbocycles. The molecule has 0 bridgehead atoms. The molecular formula is C13H17ClN2S. The fraction of sp³-hybridized carbons (Fsp3) is 0.462. The fourth-order valence-corrected chi connectivity index (χ4v) is 2.76. The van der Waals surface area contributed by atoms with Crippen molar-refractivity contribution in [2.24, 2.45) is 5.92 Å². The van der Waals surface area contributed by atoms with Crippen LogP contribution < -0.4 is 5.32 Å². The van der Waals surface area contributed by atoms with Crippen molar-refractivity contribution in [2.45, 2.75) is 33.2 Å². The highest BCUT2D eigenvalue weighted by Gasteiger charge is 2.12. The molecule has 2 unspecified atom stereocenters. The smallest absolute Gasteiger partial charge is 0.184 e. The Morgan fingerprint density at radius 2 is 2.18 bits per heavy atom. The first-order valence-electron chi connectivity index (χ1n) is 5.92. The van der Waals surface area contributed by atoms with Crippen molar-refractivity contribution in [1.29, 1.82) is 0 Å². The predicted octanol–water partition coefficient (Wildman–Crippen LogP) is 4.80. The SMILES string of the molecule is CCC(C)C(C)Nc1nc2cc(Cl)ccc2s1. The quantitative estimate of drug-likeness (QED) is 0.862. The molecule has 0 spiro atoms. The van der Waals surface area contributed by atoms with Gasteiger partial charge in [0.15, 0.2) is 5.13 Å². The lowest BCUT2D eigenvalue weighted by atomic mass is 10.0. The number of nitrogens with one attached hydrogen (secondary N) is 1. The molecule has 2 nitrogen and oxygen atoms in total. The van der Waals surface area contributed by atoms with Crippen molar-refractivity contribution in [1.82, 2.24) is 4.98 Å². The summed E-state index contributed by atoms with van der Waals surface area (Å²) in [5.74, 6) is 0.644. The summed E-state index contributed by atoms with van der Waals surface area (Å²) in [6, 6.07) is 6.28. The largest absolute Gasteiger partial charge is 0.359 e. The molecule has 0 aliphatic heterocycles. The molecule has 0 saturated heterocycles. The number of anilines is 1. The molecule has 92 valence electrons. The van der Waals surface area contributed by atoms with E-state index in [9.17, 15) is 0 Å². The Balaban J connectivity index is 2.19. The first-order valence-corrected chi connectivity index (χ1v) is 7.12. The van der Waals surface area contributed by atoms with Crippen LogP contribution in [0.15, 0.2) is 18.2 Å². The summed E-state index contributed by atoms with van der Waals surface area (Å²) < 4.78 is 1.17. The van der Waals surface area contributed by atoms with E-state index in [1.165, 1.54) is 11.1 Å². The molecule has 1 aromatic heterocycles. The second-order valence-electron chi connectivity index (χ2n) is 4.45. The maximum atomic E-state index is 5.95. The molecule has 0 aliphatic rings. The average Bonchev–Trinajstić information content (AvgIpc) is 2.69. The number of benzene rings is 1. The van der Waals surface area contributed by atoms with Gasteiger partial charge >= 0.3 is 0 Å². The lowest BCUT2D eigenvalue weighted by Crippen LogP contribution is -2.22. The van der Waals surface area contributed by atoms with Crippen LogP contribution in [0.25, 0.3) is 10.2 Å². The standard InChI is InChI=1S/C13H17ClN2S/c1-4-8(2)9(3)15-13-16-11-7-10(14)5-6-12(11)17-13/h5-9H,4H2,1-3H3,(H,15,16). The minimum atomic E-state index is 0.441. The van der Waals surface area contributed by atoms with E-state index in [0.717, 1.165) is 15.7 Å². The Kier molecular flexibility index (Phi) is 3.89. The van der Waals surface area contributed by atoms with E-state index >= 15 is 0 Å². The molecule has 0 fully saturated rings. The van der Waals surface area contributed by atoms with Crippen LogP contribution in [-0.4, -0.2) is 11.0 Å². The third-order valence-corrected chi connectivity index (χ3v) is 4.40. The zero-order valence-corrected chi connectivity index (χ0v) is 11.9. The summed E-state index contributed by atoms with van der Waals surface area (Å²) in [6.45, 7) is 6.66. The number of fused-ring (bicyclic) bond motifs is 1. The van der Waals surface area contributed by atoms with Gasteiger partial charge in [-0.25, -0.2) is 4.98 Å². The van der Waals surface area contributed by atoms with Crippen LogP contribution >= 0.6 is 22.9 Å². The van der Waals surface area contributed by atoms with Crippen molar-refractivity contribution >= 4 is 38.3 Å². The van der Waals surface area contributed by atoms with Crippen LogP contribution in [0.5, 0.6) is 0 Å².